The Labute approximate surface area is 179 Å². The van der Waals surface area contributed by atoms with Gasteiger partial charge in [-0.15, -0.1) is 0 Å². The fraction of sp³-hybridized carbons (Fsp3) is 0.462. The van der Waals surface area contributed by atoms with Crippen LogP contribution in [0, 0.1) is 0 Å². The van der Waals surface area contributed by atoms with E-state index in [0.29, 0.717) is 0 Å². The second kappa shape index (κ2) is 7.90. The van der Waals surface area contributed by atoms with E-state index in [4.69, 9.17) is 4.84 Å². The zero-order chi connectivity index (χ0) is 21.4. The number of piperidine rings is 1. The van der Waals surface area contributed by atoms with Crippen LogP contribution in [-0.4, -0.2) is 35.2 Å². The van der Waals surface area contributed by atoms with Gasteiger partial charge >= 0.3 is 0 Å². The topological polar surface area (TPSA) is 41.9 Å². The van der Waals surface area contributed by atoms with Crippen molar-refractivity contribution in [3.05, 3.63) is 71.3 Å². The van der Waals surface area contributed by atoms with Gasteiger partial charge in [0.25, 0.3) is 0 Å². The van der Waals surface area contributed by atoms with E-state index in [2.05, 4.69) is 62.3 Å². The minimum Gasteiger partial charge on any atom is -0.388 e. The van der Waals surface area contributed by atoms with Gasteiger partial charge in [0, 0.05) is 32.4 Å². The molecule has 1 saturated heterocycles. The lowest BCUT2D eigenvalue weighted by Crippen LogP contribution is -2.47. The van der Waals surface area contributed by atoms with E-state index in [9.17, 15) is 4.79 Å². The summed E-state index contributed by atoms with van der Waals surface area (Å²) in [5.74, 6) is 0.0734. The van der Waals surface area contributed by atoms with Crippen molar-refractivity contribution in [1.82, 2.24) is 4.90 Å². The molecule has 1 unspecified atom stereocenters. The van der Waals surface area contributed by atoms with Gasteiger partial charge in [-0.1, -0.05) is 80.5 Å². The first-order valence-corrected chi connectivity index (χ1v) is 11.0. The van der Waals surface area contributed by atoms with Crippen LogP contribution in [0.25, 0.3) is 0 Å². The second-order valence-corrected chi connectivity index (χ2v) is 9.77. The van der Waals surface area contributed by atoms with E-state index in [1.165, 1.54) is 5.56 Å². The SMILES string of the molecule is CC(C(=O)N1CCC2(CC1)CC(c1ccccc1)=NO2)c1ccc(C(C)(C)C)cc1. The van der Waals surface area contributed by atoms with Crippen molar-refractivity contribution < 1.29 is 9.63 Å². The maximum absolute atomic E-state index is 13.1. The van der Waals surface area contributed by atoms with Crippen molar-refractivity contribution in [3.8, 4) is 0 Å². The highest BCUT2D eigenvalue weighted by Gasteiger charge is 2.43. The van der Waals surface area contributed by atoms with Gasteiger partial charge in [-0.2, -0.15) is 0 Å². The maximum Gasteiger partial charge on any atom is 0.229 e. The van der Waals surface area contributed by atoms with Gasteiger partial charge in [0.2, 0.25) is 5.91 Å². The molecule has 1 amide bonds. The van der Waals surface area contributed by atoms with Crippen LogP contribution in [0.1, 0.15) is 69.6 Å². The van der Waals surface area contributed by atoms with Crippen molar-refractivity contribution in [2.75, 3.05) is 13.1 Å². The summed E-state index contributed by atoms with van der Waals surface area (Å²) in [6, 6.07) is 18.7. The van der Waals surface area contributed by atoms with Gasteiger partial charge in [0.15, 0.2) is 0 Å². The Morgan fingerprint density at radius 3 is 2.27 bits per heavy atom. The van der Waals surface area contributed by atoms with Crippen LogP contribution < -0.4 is 0 Å². The molecule has 2 aliphatic rings. The predicted octanol–water partition coefficient (Wildman–Crippen LogP) is 5.27. The fourth-order valence-electron chi connectivity index (χ4n) is 4.40. The monoisotopic (exact) mass is 404 g/mol. The molecule has 2 heterocycles. The smallest absolute Gasteiger partial charge is 0.229 e. The van der Waals surface area contributed by atoms with Gasteiger partial charge < -0.3 is 9.74 Å². The molecule has 1 spiro atoms. The summed E-state index contributed by atoms with van der Waals surface area (Å²) in [6.45, 7) is 10.1. The molecular formula is C26H32N2O2. The molecule has 2 aromatic rings. The first-order valence-electron chi connectivity index (χ1n) is 11.0. The summed E-state index contributed by atoms with van der Waals surface area (Å²) < 4.78 is 0. The minimum absolute atomic E-state index is 0.120. The van der Waals surface area contributed by atoms with Crippen molar-refractivity contribution >= 4 is 11.6 Å². The molecule has 0 N–H and O–H groups in total. The molecule has 2 aliphatic heterocycles. The summed E-state index contributed by atoms with van der Waals surface area (Å²) in [4.78, 5) is 21.0. The molecule has 0 aliphatic carbocycles. The van der Waals surface area contributed by atoms with Gasteiger partial charge in [-0.3, -0.25) is 4.79 Å². The van der Waals surface area contributed by atoms with Gasteiger partial charge in [0.1, 0.15) is 5.60 Å². The number of amides is 1. The van der Waals surface area contributed by atoms with Crippen molar-refractivity contribution in [3.63, 3.8) is 0 Å². The summed E-state index contributed by atoms with van der Waals surface area (Å²) in [5.41, 5.74) is 4.38. The zero-order valence-electron chi connectivity index (χ0n) is 18.5. The molecule has 4 nitrogen and oxygen atoms in total. The maximum atomic E-state index is 13.1. The first-order chi connectivity index (χ1) is 14.3. The summed E-state index contributed by atoms with van der Waals surface area (Å²) in [5, 5.41) is 4.38. The zero-order valence-corrected chi connectivity index (χ0v) is 18.5. The number of carbonyl (C=O) groups excluding carboxylic acids is 1. The Morgan fingerprint density at radius 1 is 1.03 bits per heavy atom. The van der Waals surface area contributed by atoms with Crippen molar-refractivity contribution in [1.29, 1.82) is 0 Å². The number of likely N-dealkylation sites (tertiary alicyclic amines) is 1. The van der Waals surface area contributed by atoms with Crippen LogP contribution in [0.2, 0.25) is 0 Å². The molecule has 4 heteroatoms. The molecule has 30 heavy (non-hydrogen) atoms. The van der Waals surface area contributed by atoms with Crippen LogP contribution >= 0.6 is 0 Å². The average molecular weight is 405 g/mol. The Morgan fingerprint density at radius 2 is 1.67 bits per heavy atom. The summed E-state index contributed by atoms with van der Waals surface area (Å²) in [7, 11) is 0. The first kappa shape index (κ1) is 20.6. The van der Waals surface area contributed by atoms with E-state index in [-0.39, 0.29) is 22.8 Å². The molecule has 0 saturated carbocycles. The Bertz CT molecular complexity index is 918. The van der Waals surface area contributed by atoms with Crippen LogP contribution in [-0.2, 0) is 15.0 Å². The quantitative estimate of drug-likeness (QED) is 0.699. The number of nitrogens with zero attached hydrogens (tertiary/aromatic N) is 2. The number of benzene rings is 2. The number of rotatable bonds is 3. The van der Waals surface area contributed by atoms with Gasteiger partial charge in [-0.05, 0) is 29.0 Å². The largest absolute Gasteiger partial charge is 0.388 e. The van der Waals surface area contributed by atoms with Crippen molar-refractivity contribution in [2.45, 2.75) is 63.9 Å². The minimum atomic E-state index is -0.250. The molecule has 1 fully saturated rings. The van der Waals surface area contributed by atoms with E-state index < -0.39 is 0 Å². The number of hydrogen-bond donors (Lipinski definition) is 0. The molecule has 0 bridgehead atoms. The summed E-state index contributed by atoms with van der Waals surface area (Å²) >= 11 is 0. The highest BCUT2D eigenvalue weighted by Crippen LogP contribution is 2.37. The fourth-order valence-corrected chi connectivity index (χ4v) is 4.40. The normalized spacial score (nSPS) is 19.3. The number of carbonyl (C=O) groups is 1. The third-order valence-corrected chi connectivity index (χ3v) is 6.58. The average Bonchev–Trinajstić information content (AvgIpc) is 3.17. The molecular weight excluding hydrogens is 372 g/mol. The highest BCUT2D eigenvalue weighted by atomic mass is 16.7. The number of hydrogen-bond acceptors (Lipinski definition) is 3. The van der Waals surface area contributed by atoms with Crippen LogP contribution in [0.4, 0.5) is 0 Å². The standard InChI is InChI=1S/C26H32N2O2/c1-19(20-10-12-22(13-11-20)25(2,3)4)24(29)28-16-14-26(15-17-28)18-23(27-30-26)21-8-6-5-7-9-21/h5-13,19H,14-18H2,1-4H3. The Kier molecular flexibility index (Phi) is 5.44. The van der Waals surface area contributed by atoms with Gasteiger partial charge in [0.05, 0.1) is 11.6 Å². The Hall–Kier alpha value is -2.62. The lowest BCUT2D eigenvalue weighted by Gasteiger charge is -2.38. The summed E-state index contributed by atoms with van der Waals surface area (Å²) in [6.07, 6.45) is 2.48. The van der Waals surface area contributed by atoms with E-state index in [1.54, 1.807) is 0 Å². The van der Waals surface area contributed by atoms with E-state index in [1.807, 2.05) is 30.0 Å². The van der Waals surface area contributed by atoms with Crippen molar-refractivity contribution in [2.24, 2.45) is 5.16 Å². The lowest BCUT2D eigenvalue weighted by atomic mass is 9.84. The molecule has 4 rings (SSSR count). The predicted molar refractivity (Wildman–Crippen MR) is 121 cm³/mol. The number of oxime groups is 1. The van der Waals surface area contributed by atoms with Crippen LogP contribution in [0.3, 0.4) is 0 Å². The third-order valence-electron chi connectivity index (χ3n) is 6.58. The molecule has 0 aromatic heterocycles. The van der Waals surface area contributed by atoms with Crippen LogP contribution in [0.5, 0.6) is 0 Å². The van der Waals surface area contributed by atoms with E-state index >= 15 is 0 Å². The highest BCUT2D eigenvalue weighted by molar-refractivity contribution is 6.01. The second-order valence-electron chi connectivity index (χ2n) is 9.77. The van der Waals surface area contributed by atoms with E-state index in [0.717, 1.165) is 49.2 Å². The third kappa shape index (κ3) is 4.14. The Balaban J connectivity index is 1.36. The lowest BCUT2D eigenvalue weighted by molar-refractivity contribution is -0.138. The molecule has 0 radical (unpaired) electrons. The molecule has 1 atom stereocenters. The van der Waals surface area contributed by atoms with Crippen LogP contribution in [0.15, 0.2) is 59.8 Å². The molecule has 2 aromatic carbocycles. The van der Waals surface area contributed by atoms with Gasteiger partial charge in [-0.25, -0.2) is 0 Å². The molecule has 158 valence electrons.